The molecule has 2 aliphatic rings. The second-order valence-corrected chi connectivity index (χ2v) is 15.1. The molecule has 0 bridgehead atoms. The van der Waals surface area contributed by atoms with Crippen molar-refractivity contribution in [2.45, 2.75) is 80.7 Å². The van der Waals surface area contributed by atoms with Crippen molar-refractivity contribution in [3.8, 4) is 0 Å². The van der Waals surface area contributed by atoms with Gasteiger partial charge in [-0.2, -0.15) is 4.98 Å². The van der Waals surface area contributed by atoms with Gasteiger partial charge in [0.2, 0.25) is 5.95 Å². The van der Waals surface area contributed by atoms with Crippen molar-refractivity contribution in [1.29, 1.82) is 0 Å². The first kappa shape index (κ1) is 43.7. The van der Waals surface area contributed by atoms with Gasteiger partial charge in [0.15, 0.2) is 11.6 Å². The van der Waals surface area contributed by atoms with Gasteiger partial charge in [-0.25, -0.2) is 24.6 Å². The summed E-state index contributed by atoms with van der Waals surface area (Å²) in [6.07, 6.45) is 4.13. The van der Waals surface area contributed by atoms with E-state index in [-0.39, 0.29) is 71.9 Å². The van der Waals surface area contributed by atoms with Crippen LogP contribution in [0.5, 0.6) is 0 Å². The van der Waals surface area contributed by atoms with E-state index in [0.29, 0.717) is 12.8 Å². The van der Waals surface area contributed by atoms with Crippen LogP contribution in [0.25, 0.3) is 0 Å². The topological polar surface area (TPSA) is 350 Å². The second kappa shape index (κ2) is 18.2. The molecule has 21 heteroatoms. The Morgan fingerprint density at radius 2 is 1.11 bits per heavy atom. The molecule has 10 N–H and O–H groups in total. The van der Waals surface area contributed by atoms with E-state index in [0.717, 1.165) is 11.1 Å². The molecule has 21 nitrogen and oxygen atoms in total. The fourth-order valence-electron chi connectivity index (χ4n) is 7.76. The Morgan fingerprint density at radius 3 is 1.56 bits per heavy atom. The van der Waals surface area contributed by atoms with E-state index in [1.807, 2.05) is 0 Å². The maximum absolute atomic E-state index is 13.7. The van der Waals surface area contributed by atoms with Crippen LogP contribution in [-0.2, 0) is 42.8 Å². The van der Waals surface area contributed by atoms with Crippen molar-refractivity contribution in [3.05, 3.63) is 109 Å². The zero-order chi connectivity index (χ0) is 44.8. The number of nitrogens with two attached hydrogens (primary N) is 1. The molecule has 4 unspecified atom stereocenters. The van der Waals surface area contributed by atoms with Gasteiger partial charge in [-0.05, 0) is 80.3 Å². The normalized spacial score (nSPS) is 18.0. The van der Waals surface area contributed by atoms with Crippen LogP contribution in [0.2, 0.25) is 0 Å². The molecule has 2 amide bonds. The van der Waals surface area contributed by atoms with Crippen LogP contribution >= 0.6 is 0 Å². The average molecular weight is 852 g/mol. The number of aliphatic imine (C=N–C) groups is 2. The lowest BCUT2D eigenvalue weighted by molar-refractivity contribution is -0.142. The van der Waals surface area contributed by atoms with Crippen LogP contribution < -0.4 is 27.5 Å². The van der Waals surface area contributed by atoms with E-state index in [2.05, 4.69) is 40.6 Å². The second-order valence-electron chi connectivity index (χ2n) is 15.1. The van der Waals surface area contributed by atoms with E-state index in [4.69, 9.17) is 15.9 Å². The number of hydrogen-bond acceptors (Lipinski definition) is 13. The number of aryl methyl sites for hydroxylation is 2. The van der Waals surface area contributed by atoms with Crippen LogP contribution in [0.1, 0.15) is 87.9 Å². The molecule has 62 heavy (non-hydrogen) atoms. The third kappa shape index (κ3) is 9.78. The summed E-state index contributed by atoms with van der Waals surface area (Å²) in [4.78, 5) is 121. The highest BCUT2D eigenvalue weighted by molar-refractivity contribution is 5.97. The Labute approximate surface area is 350 Å². The number of carboxylic acids is 4. The summed E-state index contributed by atoms with van der Waals surface area (Å²) in [5, 5.41) is 41.5. The van der Waals surface area contributed by atoms with Crippen molar-refractivity contribution < 1.29 is 49.2 Å². The smallest absolute Gasteiger partial charge is 0.326 e. The largest absolute Gasteiger partial charge is 0.481 e. The van der Waals surface area contributed by atoms with Crippen LogP contribution in [0.3, 0.4) is 0 Å². The zero-order valence-corrected chi connectivity index (χ0v) is 32.8. The number of nitrogens with one attached hydrogen (secondary N) is 4. The third-order valence-corrected chi connectivity index (χ3v) is 10.9. The van der Waals surface area contributed by atoms with E-state index in [1.54, 1.807) is 36.7 Å². The first-order valence-electron chi connectivity index (χ1n) is 19.3. The van der Waals surface area contributed by atoms with Gasteiger partial charge in [-0.1, -0.05) is 24.3 Å². The van der Waals surface area contributed by atoms with Crippen LogP contribution in [0.4, 0.5) is 17.6 Å². The molecule has 322 valence electrons. The minimum absolute atomic E-state index is 0.0806. The summed E-state index contributed by atoms with van der Waals surface area (Å²) < 4.78 is 0. The zero-order valence-electron chi connectivity index (χ0n) is 32.8. The molecule has 0 radical (unpaired) electrons. The summed E-state index contributed by atoms with van der Waals surface area (Å²) in [6, 6.07) is 9.79. The number of anilines is 1. The quantitative estimate of drug-likeness (QED) is 0.0612. The number of amides is 2. The lowest BCUT2D eigenvalue weighted by Gasteiger charge is -2.37. The number of carboxylic acid groups (broad SMARTS) is 4. The first-order valence-corrected chi connectivity index (χ1v) is 19.3. The van der Waals surface area contributed by atoms with Gasteiger partial charge in [0.25, 0.3) is 22.9 Å². The highest BCUT2D eigenvalue weighted by Crippen LogP contribution is 2.49. The number of carbonyl (C=O) groups is 6. The summed E-state index contributed by atoms with van der Waals surface area (Å²) in [5.41, 5.74) is 4.75. The number of aliphatic carboxylic acids is 4. The first-order chi connectivity index (χ1) is 29.5. The lowest BCUT2D eigenvalue weighted by atomic mass is 9.63. The van der Waals surface area contributed by atoms with E-state index in [1.165, 1.54) is 30.6 Å². The van der Waals surface area contributed by atoms with Gasteiger partial charge in [0, 0.05) is 47.2 Å². The summed E-state index contributed by atoms with van der Waals surface area (Å²) in [6.45, 7) is 0. The van der Waals surface area contributed by atoms with Crippen molar-refractivity contribution in [2.75, 3.05) is 5.73 Å². The number of aromatic nitrogens is 4. The molecular formula is C41H41N9O12. The minimum Gasteiger partial charge on any atom is -0.481 e. The Morgan fingerprint density at radius 1 is 0.661 bits per heavy atom. The molecule has 4 heterocycles. The van der Waals surface area contributed by atoms with E-state index < -0.39 is 82.6 Å². The molecule has 0 fully saturated rings. The van der Waals surface area contributed by atoms with E-state index in [9.17, 15) is 48.6 Å². The number of aromatic amines is 2. The van der Waals surface area contributed by atoms with E-state index >= 15 is 0 Å². The Bertz CT molecular complexity index is 2610. The molecule has 0 saturated heterocycles. The number of nitrogens with zero attached hydrogens (tertiary/aromatic N) is 4. The Hall–Kier alpha value is -7.84. The summed E-state index contributed by atoms with van der Waals surface area (Å²) >= 11 is 0. The summed E-state index contributed by atoms with van der Waals surface area (Å²) in [5.74, 6) is -6.44. The maximum Gasteiger partial charge on any atom is 0.326 e. The average Bonchev–Trinajstić information content (AvgIpc) is 3.78. The predicted octanol–water partition coefficient (Wildman–Crippen LogP) is 1.79. The summed E-state index contributed by atoms with van der Waals surface area (Å²) in [7, 11) is 0. The van der Waals surface area contributed by atoms with Crippen LogP contribution in [-0.4, -0.2) is 101 Å². The number of rotatable bonds is 20. The van der Waals surface area contributed by atoms with Gasteiger partial charge in [-0.15, -0.1) is 0 Å². The number of benzene rings is 2. The lowest BCUT2D eigenvalue weighted by Crippen LogP contribution is -2.44. The molecular weight excluding hydrogens is 811 g/mol. The van der Waals surface area contributed by atoms with Crippen molar-refractivity contribution >= 4 is 65.7 Å². The molecule has 0 saturated carbocycles. The standard InChI is InChI=1S/C41H41N9O12/c42-39-49-32-30(36(58)50-39)41(19-44-32,16-14-22-3-7-24(8-4-22)34(56)48-26(38(61)62)10-12-28(53)54)17-40(18-43-31-29(40)35(57)46-20-45-31)15-13-21-1-5-23(6-2-21)33(55)47-25(37(59)60)9-11-27(51)52/h1-8,18-20,25-26H,9-17H2,(H,47,55)(H,48,56)(H,51,52)(H,53,54)(H,59,60)(H,61,62)(H,45,46,57)(H3,42,49,50,58). The predicted molar refractivity (Wildman–Crippen MR) is 219 cm³/mol. The molecule has 0 aliphatic carbocycles. The molecule has 0 spiro atoms. The number of nitrogen functional groups attached to an aromatic ring is 1. The monoisotopic (exact) mass is 851 g/mol. The van der Waals surface area contributed by atoms with Gasteiger partial charge in [-0.3, -0.25) is 33.8 Å². The molecule has 4 aromatic rings. The van der Waals surface area contributed by atoms with Gasteiger partial charge in [0.05, 0.1) is 17.5 Å². The van der Waals surface area contributed by atoms with Gasteiger partial charge >= 0.3 is 23.9 Å². The van der Waals surface area contributed by atoms with Crippen LogP contribution in [0.15, 0.2) is 74.4 Å². The van der Waals surface area contributed by atoms with Crippen molar-refractivity contribution in [3.63, 3.8) is 0 Å². The minimum atomic E-state index is -1.41. The number of fused-ring (bicyclic) bond motifs is 2. The highest BCUT2D eigenvalue weighted by atomic mass is 16.4. The Balaban J connectivity index is 1.27. The Kier molecular flexibility index (Phi) is 12.8. The molecule has 6 rings (SSSR count). The fraction of sp³-hybridized carbons (Fsp3) is 0.317. The van der Waals surface area contributed by atoms with Crippen molar-refractivity contribution in [1.82, 2.24) is 30.6 Å². The SMILES string of the molecule is Nc1nc2c(c(=O)[nH]1)C(CCc1ccc(C(=O)NC(CCC(=O)O)C(=O)O)cc1)(CC1(CCc3ccc(C(=O)NC(CCC(=O)O)C(=O)O)cc3)C=Nc3nc[nH]c(=O)c31)C=N2. The van der Waals surface area contributed by atoms with Crippen molar-refractivity contribution in [2.24, 2.45) is 9.98 Å². The van der Waals surface area contributed by atoms with Gasteiger partial charge < -0.3 is 41.8 Å². The molecule has 4 atom stereocenters. The number of hydrogen-bond donors (Lipinski definition) is 9. The van der Waals surface area contributed by atoms with Crippen LogP contribution in [0, 0.1) is 0 Å². The highest BCUT2D eigenvalue weighted by Gasteiger charge is 2.50. The molecule has 2 aliphatic heterocycles. The fourth-order valence-corrected chi connectivity index (χ4v) is 7.76. The number of carbonyl (C=O) groups excluding carboxylic acids is 2. The maximum atomic E-state index is 13.7. The molecule has 2 aromatic heterocycles. The number of H-pyrrole nitrogens is 2. The molecule has 2 aromatic carbocycles. The van der Waals surface area contributed by atoms with Gasteiger partial charge in [0.1, 0.15) is 12.1 Å². The third-order valence-electron chi connectivity index (χ3n) is 10.9.